The van der Waals surface area contributed by atoms with Gasteiger partial charge in [-0.15, -0.1) is 0 Å². The number of nitrogens with zero attached hydrogens (tertiary/aromatic N) is 1. The Bertz CT molecular complexity index is 456. The van der Waals surface area contributed by atoms with E-state index >= 15 is 0 Å². The van der Waals surface area contributed by atoms with E-state index in [1.807, 2.05) is 47.2 Å². The molecule has 0 bridgehead atoms. The van der Waals surface area contributed by atoms with Gasteiger partial charge in [0.2, 0.25) is 5.52 Å². The van der Waals surface area contributed by atoms with Gasteiger partial charge in [-0.2, -0.15) is 4.57 Å². The van der Waals surface area contributed by atoms with Gasteiger partial charge in [-0.25, -0.2) is 0 Å². The molecule has 2 N–H and O–H groups in total. The highest BCUT2D eigenvalue weighted by molar-refractivity contribution is 5.74. The number of pyridine rings is 1. The van der Waals surface area contributed by atoms with Gasteiger partial charge in [0.1, 0.15) is 6.10 Å². The predicted molar refractivity (Wildman–Crippen MR) is 57.2 cm³/mol. The molecule has 1 aromatic heterocycles. The van der Waals surface area contributed by atoms with Crippen molar-refractivity contribution in [2.24, 2.45) is 0 Å². The van der Waals surface area contributed by atoms with Crippen molar-refractivity contribution in [2.45, 2.75) is 12.6 Å². The lowest BCUT2D eigenvalue weighted by Gasteiger charge is -2.04. The zero-order valence-corrected chi connectivity index (χ0v) is 10.3. The largest absolute Gasteiger partial charge is 1.00 e. The van der Waals surface area contributed by atoms with Crippen molar-refractivity contribution in [1.82, 2.24) is 0 Å². The maximum atomic E-state index is 9.40. The highest BCUT2D eigenvalue weighted by Gasteiger charge is 2.12. The van der Waals surface area contributed by atoms with E-state index in [0.29, 0.717) is 6.54 Å². The van der Waals surface area contributed by atoms with Crippen molar-refractivity contribution in [3.63, 3.8) is 0 Å². The van der Waals surface area contributed by atoms with Crippen LogP contribution in [0.25, 0.3) is 10.9 Å². The van der Waals surface area contributed by atoms with Crippen molar-refractivity contribution in [2.75, 3.05) is 6.61 Å². The molecule has 1 heterocycles. The summed E-state index contributed by atoms with van der Waals surface area (Å²) >= 11 is 0. The van der Waals surface area contributed by atoms with Gasteiger partial charge in [-0.05, 0) is 12.1 Å². The molecule has 86 valence electrons. The zero-order valence-electron chi connectivity index (χ0n) is 8.75. The second kappa shape index (κ2) is 5.94. The fourth-order valence-electron chi connectivity index (χ4n) is 1.66. The summed E-state index contributed by atoms with van der Waals surface area (Å²) in [7, 11) is 0. The Kier molecular flexibility index (Phi) is 4.86. The summed E-state index contributed by atoms with van der Waals surface area (Å²) in [5.41, 5.74) is 1.06. The number of benzene rings is 1. The summed E-state index contributed by atoms with van der Waals surface area (Å²) in [5, 5.41) is 19.3. The predicted octanol–water partition coefficient (Wildman–Crippen LogP) is -2.52. The molecule has 0 radical (unpaired) electrons. The standard InChI is InChI=1S/C12H14NO2.BrH/c14-9-11(15)8-13-7-3-5-10-4-1-2-6-12(10)13;/h1-7,11,14-15H,8-9H2;1H/q+1;/p-1. The number of hydrogen-bond acceptors (Lipinski definition) is 2. The number of hydrogen-bond donors (Lipinski definition) is 2. The highest BCUT2D eigenvalue weighted by Crippen LogP contribution is 2.07. The van der Waals surface area contributed by atoms with Crippen molar-refractivity contribution in [1.29, 1.82) is 0 Å². The minimum atomic E-state index is -0.708. The van der Waals surface area contributed by atoms with Gasteiger partial charge in [-0.3, -0.25) is 0 Å². The van der Waals surface area contributed by atoms with Crippen LogP contribution < -0.4 is 21.5 Å². The molecule has 0 aliphatic rings. The van der Waals surface area contributed by atoms with Crippen molar-refractivity contribution < 1.29 is 31.8 Å². The van der Waals surface area contributed by atoms with E-state index in [4.69, 9.17) is 5.11 Å². The molecule has 3 nitrogen and oxygen atoms in total. The maximum Gasteiger partial charge on any atom is 0.212 e. The summed E-state index contributed by atoms with van der Waals surface area (Å²) in [6.45, 7) is 0.202. The molecule has 0 aliphatic heterocycles. The molecule has 16 heavy (non-hydrogen) atoms. The number of fused-ring (bicyclic) bond motifs is 1. The molecule has 2 aromatic rings. The molecule has 0 aliphatic carbocycles. The van der Waals surface area contributed by atoms with Crippen LogP contribution >= 0.6 is 0 Å². The van der Waals surface area contributed by atoms with Crippen molar-refractivity contribution in [3.05, 3.63) is 42.6 Å². The van der Waals surface area contributed by atoms with E-state index in [1.54, 1.807) is 0 Å². The van der Waals surface area contributed by atoms with Gasteiger partial charge in [0.15, 0.2) is 12.7 Å². The normalized spacial score (nSPS) is 12.1. The van der Waals surface area contributed by atoms with Crippen LogP contribution in [0.2, 0.25) is 0 Å². The van der Waals surface area contributed by atoms with Gasteiger partial charge in [0.25, 0.3) is 0 Å². The first-order valence-corrected chi connectivity index (χ1v) is 4.97. The van der Waals surface area contributed by atoms with Crippen LogP contribution in [0.3, 0.4) is 0 Å². The molecule has 1 aromatic carbocycles. The lowest BCUT2D eigenvalue weighted by molar-refractivity contribution is -0.678. The number of aliphatic hydroxyl groups excluding tert-OH is 2. The number of aliphatic hydroxyl groups is 2. The fourth-order valence-corrected chi connectivity index (χ4v) is 1.66. The highest BCUT2D eigenvalue weighted by atomic mass is 79.9. The monoisotopic (exact) mass is 283 g/mol. The minimum absolute atomic E-state index is 0. The zero-order chi connectivity index (χ0) is 10.7. The summed E-state index contributed by atoms with van der Waals surface area (Å²) in [4.78, 5) is 0. The quantitative estimate of drug-likeness (QED) is 0.611. The van der Waals surface area contributed by atoms with Crippen LogP contribution in [-0.4, -0.2) is 22.9 Å². The molecule has 0 saturated heterocycles. The van der Waals surface area contributed by atoms with E-state index in [1.165, 1.54) is 0 Å². The molecular weight excluding hydrogens is 270 g/mol. The molecule has 0 spiro atoms. The third-order valence-corrected chi connectivity index (χ3v) is 2.41. The van der Waals surface area contributed by atoms with Crippen LogP contribution in [0.1, 0.15) is 0 Å². The number of para-hydroxylation sites is 1. The smallest absolute Gasteiger partial charge is 0.212 e. The molecule has 0 fully saturated rings. The molecular formula is C12H14BrNO2. The van der Waals surface area contributed by atoms with Crippen molar-refractivity contribution >= 4 is 10.9 Å². The average molecular weight is 284 g/mol. The fraction of sp³-hybridized carbons (Fsp3) is 0.250. The molecule has 0 saturated carbocycles. The summed E-state index contributed by atoms with van der Waals surface area (Å²) in [6, 6.07) is 11.9. The van der Waals surface area contributed by atoms with E-state index < -0.39 is 6.10 Å². The molecule has 4 heteroatoms. The third-order valence-electron chi connectivity index (χ3n) is 2.41. The Morgan fingerprint density at radius 2 is 1.81 bits per heavy atom. The lowest BCUT2D eigenvalue weighted by Crippen LogP contribution is -3.00. The SMILES string of the molecule is OCC(O)C[n+]1cccc2ccccc21.[Br-]. The Balaban J connectivity index is 0.00000128. The van der Waals surface area contributed by atoms with Crippen LogP contribution in [-0.2, 0) is 6.54 Å². The average Bonchev–Trinajstić information content (AvgIpc) is 2.29. The third kappa shape index (κ3) is 2.78. The van der Waals surface area contributed by atoms with E-state index in [9.17, 15) is 5.11 Å². The molecule has 2 rings (SSSR count). The van der Waals surface area contributed by atoms with Gasteiger partial charge < -0.3 is 27.2 Å². The van der Waals surface area contributed by atoms with Gasteiger partial charge in [0, 0.05) is 17.5 Å². The topological polar surface area (TPSA) is 44.3 Å². The van der Waals surface area contributed by atoms with E-state index in [-0.39, 0.29) is 23.6 Å². The maximum absolute atomic E-state index is 9.40. The first-order valence-electron chi connectivity index (χ1n) is 4.97. The van der Waals surface area contributed by atoms with E-state index in [2.05, 4.69) is 0 Å². The number of aromatic nitrogens is 1. The Labute approximate surface area is 105 Å². The first kappa shape index (κ1) is 13.1. The van der Waals surface area contributed by atoms with Crippen LogP contribution in [0.5, 0.6) is 0 Å². The number of rotatable bonds is 3. The van der Waals surface area contributed by atoms with Gasteiger partial charge in [-0.1, -0.05) is 12.1 Å². The van der Waals surface area contributed by atoms with Gasteiger partial charge in [0.05, 0.1) is 6.61 Å². The van der Waals surface area contributed by atoms with Crippen LogP contribution in [0, 0.1) is 0 Å². The first-order chi connectivity index (χ1) is 7.31. The second-order valence-corrected chi connectivity index (χ2v) is 3.56. The molecule has 0 amide bonds. The van der Waals surface area contributed by atoms with Crippen LogP contribution in [0.4, 0.5) is 0 Å². The lowest BCUT2D eigenvalue weighted by atomic mass is 10.2. The summed E-state index contributed by atoms with van der Waals surface area (Å²) < 4.78 is 1.94. The Morgan fingerprint density at radius 1 is 1.12 bits per heavy atom. The number of halogens is 1. The molecule has 1 unspecified atom stereocenters. The Morgan fingerprint density at radius 3 is 2.56 bits per heavy atom. The van der Waals surface area contributed by atoms with Crippen LogP contribution in [0.15, 0.2) is 42.6 Å². The Hall–Kier alpha value is -0.970. The minimum Gasteiger partial charge on any atom is -1.00 e. The van der Waals surface area contributed by atoms with Gasteiger partial charge >= 0.3 is 0 Å². The van der Waals surface area contributed by atoms with Crippen molar-refractivity contribution in [3.8, 4) is 0 Å². The van der Waals surface area contributed by atoms with E-state index in [0.717, 1.165) is 10.9 Å². The summed E-state index contributed by atoms with van der Waals surface area (Å²) in [5.74, 6) is 0. The summed E-state index contributed by atoms with van der Waals surface area (Å²) in [6.07, 6.45) is 1.20. The molecule has 1 atom stereocenters. The second-order valence-electron chi connectivity index (χ2n) is 3.56.